The minimum Gasteiger partial charge on any atom is -0.339 e. The molecule has 0 saturated carbocycles. The molecule has 0 radical (unpaired) electrons. The highest BCUT2D eigenvalue weighted by atomic mass is 32.2. The molecule has 1 aromatic heterocycles. The van der Waals surface area contributed by atoms with Gasteiger partial charge in [-0.3, -0.25) is 14.3 Å². The second kappa shape index (κ2) is 7.23. The number of hydrogen-bond donors (Lipinski definition) is 0. The molecule has 2 aliphatic heterocycles. The van der Waals surface area contributed by atoms with Crippen LogP contribution in [0.15, 0.2) is 6.20 Å². The molecule has 0 N–H and O–H groups in total. The van der Waals surface area contributed by atoms with E-state index >= 15 is 0 Å². The number of carbonyl (C=O) groups is 2. The molecule has 3 rings (SSSR count). The largest absolute Gasteiger partial charge is 0.339 e. The Morgan fingerprint density at radius 1 is 1.20 bits per heavy atom. The Bertz CT molecular complexity index is 662. The first kappa shape index (κ1) is 18.6. The highest BCUT2D eigenvalue weighted by Gasteiger charge is 2.38. The number of aromatic nitrogens is 2. The summed E-state index contributed by atoms with van der Waals surface area (Å²) in [4.78, 5) is 29.6. The Kier molecular flexibility index (Phi) is 5.39. The van der Waals surface area contributed by atoms with Gasteiger partial charge in [0.1, 0.15) is 6.04 Å². The molecule has 2 saturated heterocycles. The molecule has 1 aromatic rings. The molecule has 138 valence electrons. The van der Waals surface area contributed by atoms with Crippen LogP contribution in [0.3, 0.4) is 0 Å². The topological polar surface area (TPSA) is 58.4 Å². The fourth-order valence-electron chi connectivity index (χ4n) is 3.29. The van der Waals surface area contributed by atoms with Gasteiger partial charge in [0.15, 0.2) is 0 Å². The SMILES string of the molecule is Cc1c(C(=O)N2CSCC2C(=O)N2CCSCC2)cnn1C(C)(C)C. The Hall–Kier alpha value is -1.15. The molecule has 0 aromatic carbocycles. The third kappa shape index (κ3) is 3.69. The Labute approximate surface area is 157 Å². The minimum atomic E-state index is -0.349. The first-order valence-corrected chi connectivity index (χ1v) is 10.9. The molecule has 3 heterocycles. The summed E-state index contributed by atoms with van der Waals surface area (Å²) in [5.74, 6) is 3.23. The maximum atomic E-state index is 13.1. The van der Waals surface area contributed by atoms with Crippen molar-refractivity contribution in [2.45, 2.75) is 39.3 Å². The summed E-state index contributed by atoms with van der Waals surface area (Å²) < 4.78 is 1.88. The normalized spacial score (nSPS) is 21.7. The predicted molar refractivity (Wildman–Crippen MR) is 103 cm³/mol. The predicted octanol–water partition coefficient (Wildman–Crippen LogP) is 2.04. The number of nitrogens with zero attached hydrogens (tertiary/aromatic N) is 4. The average Bonchev–Trinajstić information content (AvgIpc) is 3.20. The molecule has 2 fully saturated rings. The summed E-state index contributed by atoms with van der Waals surface area (Å²) in [7, 11) is 0. The third-order valence-electron chi connectivity index (χ3n) is 4.63. The van der Waals surface area contributed by atoms with Crippen molar-refractivity contribution in [1.82, 2.24) is 19.6 Å². The van der Waals surface area contributed by atoms with Crippen LogP contribution in [-0.4, -0.2) is 73.7 Å². The molecular formula is C17H26N4O2S2. The quantitative estimate of drug-likeness (QED) is 0.783. The van der Waals surface area contributed by atoms with E-state index in [4.69, 9.17) is 0 Å². The monoisotopic (exact) mass is 382 g/mol. The summed E-state index contributed by atoms with van der Waals surface area (Å²) in [5.41, 5.74) is 1.28. The van der Waals surface area contributed by atoms with Gasteiger partial charge in [-0.25, -0.2) is 0 Å². The van der Waals surface area contributed by atoms with Gasteiger partial charge in [0.2, 0.25) is 5.91 Å². The van der Waals surface area contributed by atoms with Gasteiger partial charge in [-0.05, 0) is 27.7 Å². The van der Waals surface area contributed by atoms with Gasteiger partial charge in [0, 0.05) is 36.0 Å². The summed E-state index contributed by atoms with van der Waals surface area (Å²) in [5, 5.41) is 4.40. The molecule has 0 aliphatic carbocycles. The van der Waals surface area contributed by atoms with Crippen LogP contribution >= 0.6 is 23.5 Å². The fourth-order valence-corrected chi connectivity index (χ4v) is 5.34. The number of amides is 2. The minimum absolute atomic E-state index is 0.0808. The third-order valence-corrected chi connectivity index (χ3v) is 6.58. The number of carbonyl (C=O) groups excluding carboxylic acids is 2. The van der Waals surface area contributed by atoms with Crippen molar-refractivity contribution in [2.24, 2.45) is 0 Å². The second-order valence-electron chi connectivity index (χ2n) is 7.45. The molecule has 2 aliphatic rings. The van der Waals surface area contributed by atoms with Crippen LogP contribution in [0.4, 0.5) is 0 Å². The molecule has 0 spiro atoms. The van der Waals surface area contributed by atoms with Crippen LogP contribution in [0.1, 0.15) is 36.8 Å². The number of thioether (sulfide) groups is 2. The van der Waals surface area contributed by atoms with Gasteiger partial charge in [-0.2, -0.15) is 16.9 Å². The lowest BCUT2D eigenvalue weighted by molar-refractivity contribution is -0.134. The summed E-state index contributed by atoms with van der Waals surface area (Å²) in [6, 6.07) is -0.349. The zero-order chi connectivity index (χ0) is 18.2. The van der Waals surface area contributed by atoms with Gasteiger partial charge in [0.25, 0.3) is 5.91 Å². The van der Waals surface area contributed by atoms with Crippen molar-refractivity contribution in [3.63, 3.8) is 0 Å². The smallest absolute Gasteiger partial charge is 0.258 e. The Morgan fingerprint density at radius 3 is 2.48 bits per heavy atom. The standard InChI is InChI=1S/C17H26N4O2S2/c1-12-13(9-18-21(12)17(2,3)4)15(22)20-11-25-10-14(20)16(23)19-5-7-24-8-6-19/h9,14H,5-8,10-11H2,1-4H3. The summed E-state index contributed by atoms with van der Waals surface area (Å²) in [6.07, 6.45) is 1.64. The van der Waals surface area contributed by atoms with E-state index in [1.165, 1.54) is 0 Å². The van der Waals surface area contributed by atoms with E-state index in [0.29, 0.717) is 17.2 Å². The summed E-state index contributed by atoms with van der Waals surface area (Å²) >= 11 is 3.53. The zero-order valence-corrected chi connectivity index (χ0v) is 17.0. The second-order valence-corrected chi connectivity index (χ2v) is 9.68. The maximum Gasteiger partial charge on any atom is 0.258 e. The fraction of sp³-hybridized carbons (Fsp3) is 0.706. The Morgan fingerprint density at radius 2 is 1.88 bits per heavy atom. The summed E-state index contributed by atoms with van der Waals surface area (Å²) in [6.45, 7) is 9.68. The van der Waals surface area contributed by atoms with Crippen LogP contribution in [0, 0.1) is 6.92 Å². The molecule has 2 amide bonds. The van der Waals surface area contributed by atoms with E-state index in [1.807, 2.05) is 28.3 Å². The van der Waals surface area contributed by atoms with Crippen molar-refractivity contribution < 1.29 is 9.59 Å². The van der Waals surface area contributed by atoms with Crippen LogP contribution in [0.25, 0.3) is 0 Å². The first-order chi connectivity index (χ1) is 11.8. The van der Waals surface area contributed by atoms with Crippen molar-refractivity contribution in [3.8, 4) is 0 Å². The van der Waals surface area contributed by atoms with Crippen molar-refractivity contribution in [2.75, 3.05) is 36.2 Å². The highest BCUT2D eigenvalue weighted by molar-refractivity contribution is 7.99. The van der Waals surface area contributed by atoms with E-state index in [-0.39, 0.29) is 23.4 Å². The average molecular weight is 383 g/mol. The van der Waals surface area contributed by atoms with E-state index in [1.54, 1.807) is 22.9 Å². The maximum absolute atomic E-state index is 13.1. The van der Waals surface area contributed by atoms with Gasteiger partial charge < -0.3 is 9.80 Å². The zero-order valence-electron chi connectivity index (χ0n) is 15.3. The van der Waals surface area contributed by atoms with E-state index in [0.717, 1.165) is 30.3 Å². The van der Waals surface area contributed by atoms with Crippen molar-refractivity contribution in [1.29, 1.82) is 0 Å². The first-order valence-electron chi connectivity index (χ1n) is 8.61. The van der Waals surface area contributed by atoms with Crippen molar-refractivity contribution in [3.05, 3.63) is 17.5 Å². The molecule has 0 bridgehead atoms. The van der Waals surface area contributed by atoms with Gasteiger partial charge >= 0.3 is 0 Å². The lowest BCUT2D eigenvalue weighted by atomic mass is 10.1. The van der Waals surface area contributed by atoms with Crippen LogP contribution in [0.2, 0.25) is 0 Å². The van der Waals surface area contributed by atoms with E-state index in [9.17, 15) is 9.59 Å². The highest BCUT2D eigenvalue weighted by Crippen LogP contribution is 2.27. The molecule has 25 heavy (non-hydrogen) atoms. The molecular weight excluding hydrogens is 356 g/mol. The van der Waals surface area contributed by atoms with Crippen LogP contribution in [-0.2, 0) is 10.3 Å². The van der Waals surface area contributed by atoms with Gasteiger partial charge in [-0.1, -0.05) is 0 Å². The van der Waals surface area contributed by atoms with Gasteiger partial charge in [0.05, 0.1) is 23.2 Å². The van der Waals surface area contributed by atoms with Crippen molar-refractivity contribution >= 4 is 35.3 Å². The van der Waals surface area contributed by atoms with Crippen LogP contribution < -0.4 is 0 Å². The number of rotatable bonds is 2. The van der Waals surface area contributed by atoms with Gasteiger partial charge in [-0.15, -0.1) is 11.8 Å². The van der Waals surface area contributed by atoms with E-state index < -0.39 is 0 Å². The molecule has 1 atom stereocenters. The van der Waals surface area contributed by atoms with Crippen LogP contribution in [0.5, 0.6) is 0 Å². The lowest BCUT2D eigenvalue weighted by Gasteiger charge is -2.32. The molecule has 6 nitrogen and oxygen atoms in total. The lowest BCUT2D eigenvalue weighted by Crippen LogP contribution is -2.51. The molecule has 8 heteroatoms. The molecule has 1 unspecified atom stereocenters. The Balaban J connectivity index is 1.79. The van der Waals surface area contributed by atoms with E-state index in [2.05, 4.69) is 25.9 Å². The number of hydrogen-bond acceptors (Lipinski definition) is 5.